The molecule has 1 aromatic heterocycles. The Kier molecular flexibility index (Phi) is 3.71. The van der Waals surface area contributed by atoms with Crippen LogP contribution in [0.5, 0.6) is 0 Å². The quantitative estimate of drug-likeness (QED) is 0.782. The van der Waals surface area contributed by atoms with E-state index in [0.717, 1.165) is 11.4 Å². The molecule has 1 atom stereocenters. The standard InChI is InChI=1S/C11H16N2O3/c1-7-3-4-8(2)13(7)9(11(15)16)5-6-10(12)14/h3-4,9H,5-6H2,1-2H3,(H2,12,14)(H,15,16). The lowest BCUT2D eigenvalue weighted by atomic mass is 10.1. The van der Waals surface area contributed by atoms with Gasteiger partial charge in [-0.25, -0.2) is 4.79 Å². The lowest BCUT2D eigenvalue weighted by Crippen LogP contribution is -2.23. The van der Waals surface area contributed by atoms with E-state index in [0.29, 0.717) is 0 Å². The van der Waals surface area contributed by atoms with Crippen LogP contribution < -0.4 is 5.73 Å². The van der Waals surface area contributed by atoms with Crippen molar-refractivity contribution < 1.29 is 14.7 Å². The molecule has 1 rings (SSSR count). The highest BCUT2D eigenvalue weighted by Gasteiger charge is 2.22. The molecule has 0 fully saturated rings. The van der Waals surface area contributed by atoms with E-state index in [-0.39, 0.29) is 12.8 Å². The number of primary amides is 1. The molecule has 3 N–H and O–H groups in total. The summed E-state index contributed by atoms with van der Waals surface area (Å²) in [6.45, 7) is 3.68. The van der Waals surface area contributed by atoms with Gasteiger partial charge in [0, 0.05) is 17.8 Å². The van der Waals surface area contributed by atoms with Crippen molar-refractivity contribution in [2.24, 2.45) is 5.73 Å². The van der Waals surface area contributed by atoms with Gasteiger partial charge in [0.25, 0.3) is 0 Å². The maximum absolute atomic E-state index is 11.1. The number of hydrogen-bond acceptors (Lipinski definition) is 2. The van der Waals surface area contributed by atoms with E-state index in [2.05, 4.69) is 0 Å². The molecule has 16 heavy (non-hydrogen) atoms. The van der Waals surface area contributed by atoms with Crippen molar-refractivity contribution in [3.63, 3.8) is 0 Å². The second-order valence-electron chi connectivity index (χ2n) is 3.85. The fraction of sp³-hybridized carbons (Fsp3) is 0.455. The van der Waals surface area contributed by atoms with Crippen LogP contribution >= 0.6 is 0 Å². The molecule has 0 saturated carbocycles. The second kappa shape index (κ2) is 4.83. The van der Waals surface area contributed by atoms with E-state index in [9.17, 15) is 9.59 Å². The molecule has 0 radical (unpaired) electrons. The molecule has 0 aliphatic rings. The van der Waals surface area contributed by atoms with Gasteiger partial charge in [0.05, 0.1) is 0 Å². The molecule has 0 bridgehead atoms. The Morgan fingerprint density at radius 3 is 2.25 bits per heavy atom. The highest BCUT2D eigenvalue weighted by atomic mass is 16.4. The summed E-state index contributed by atoms with van der Waals surface area (Å²) in [6.07, 6.45) is 0.301. The molecule has 0 aromatic carbocycles. The topological polar surface area (TPSA) is 85.3 Å². The van der Waals surface area contributed by atoms with Crippen LogP contribution in [0.15, 0.2) is 12.1 Å². The summed E-state index contributed by atoms with van der Waals surface area (Å²) in [4.78, 5) is 21.8. The van der Waals surface area contributed by atoms with Crippen LogP contribution in [-0.2, 0) is 9.59 Å². The summed E-state index contributed by atoms with van der Waals surface area (Å²) in [5.74, 6) is -1.42. The first-order valence-corrected chi connectivity index (χ1v) is 5.09. The fourth-order valence-corrected chi connectivity index (χ4v) is 1.81. The summed E-state index contributed by atoms with van der Waals surface area (Å²) in [5, 5.41) is 9.13. The van der Waals surface area contributed by atoms with Crippen molar-refractivity contribution in [3.05, 3.63) is 23.5 Å². The Morgan fingerprint density at radius 1 is 1.38 bits per heavy atom. The van der Waals surface area contributed by atoms with E-state index < -0.39 is 17.9 Å². The molecule has 0 saturated heterocycles. The smallest absolute Gasteiger partial charge is 0.326 e. The van der Waals surface area contributed by atoms with Gasteiger partial charge in [0.15, 0.2) is 0 Å². The van der Waals surface area contributed by atoms with E-state index >= 15 is 0 Å². The van der Waals surface area contributed by atoms with Crippen molar-refractivity contribution in [3.8, 4) is 0 Å². The number of aryl methyl sites for hydroxylation is 2. The largest absolute Gasteiger partial charge is 0.480 e. The molecule has 88 valence electrons. The number of aromatic nitrogens is 1. The predicted molar refractivity (Wildman–Crippen MR) is 59.0 cm³/mol. The average Bonchev–Trinajstić information content (AvgIpc) is 2.48. The zero-order valence-corrected chi connectivity index (χ0v) is 9.43. The number of nitrogens with zero attached hydrogens (tertiary/aromatic N) is 1. The Morgan fingerprint density at radius 2 is 1.88 bits per heavy atom. The van der Waals surface area contributed by atoms with Gasteiger partial charge in [-0.2, -0.15) is 0 Å². The Balaban J connectivity index is 2.94. The van der Waals surface area contributed by atoms with E-state index in [1.807, 2.05) is 26.0 Å². The first kappa shape index (κ1) is 12.3. The molecule has 0 aliphatic heterocycles. The average molecular weight is 224 g/mol. The minimum absolute atomic E-state index is 0.0774. The Labute approximate surface area is 93.9 Å². The zero-order chi connectivity index (χ0) is 12.3. The van der Waals surface area contributed by atoms with Crippen molar-refractivity contribution in [2.75, 3.05) is 0 Å². The summed E-state index contributed by atoms with van der Waals surface area (Å²) in [6, 6.07) is 2.99. The number of amides is 1. The third-order valence-corrected chi connectivity index (χ3v) is 2.59. The normalized spacial score (nSPS) is 12.4. The first-order chi connectivity index (χ1) is 7.43. The predicted octanol–water partition coefficient (Wildman–Crippen LogP) is 0.996. The Hall–Kier alpha value is -1.78. The Bertz CT molecular complexity index is 390. The van der Waals surface area contributed by atoms with Gasteiger partial charge in [0.2, 0.25) is 5.91 Å². The molecular weight excluding hydrogens is 208 g/mol. The van der Waals surface area contributed by atoms with Gasteiger partial charge in [-0.3, -0.25) is 4.79 Å². The first-order valence-electron chi connectivity index (χ1n) is 5.09. The van der Waals surface area contributed by atoms with Crippen LogP contribution in [0.3, 0.4) is 0 Å². The minimum Gasteiger partial charge on any atom is -0.480 e. The highest BCUT2D eigenvalue weighted by Crippen LogP contribution is 2.20. The minimum atomic E-state index is -0.941. The number of rotatable bonds is 5. The summed E-state index contributed by atoms with van der Waals surface area (Å²) in [7, 11) is 0. The van der Waals surface area contributed by atoms with Gasteiger partial charge in [0.1, 0.15) is 6.04 Å². The lowest BCUT2D eigenvalue weighted by molar-refractivity contribution is -0.141. The SMILES string of the molecule is Cc1ccc(C)n1C(CCC(N)=O)C(=O)O. The van der Waals surface area contributed by atoms with Gasteiger partial charge in [-0.15, -0.1) is 0 Å². The monoisotopic (exact) mass is 224 g/mol. The number of hydrogen-bond donors (Lipinski definition) is 2. The fourth-order valence-electron chi connectivity index (χ4n) is 1.81. The molecule has 1 aromatic rings. The lowest BCUT2D eigenvalue weighted by Gasteiger charge is -2.18. The second-order valence-corrected chi connectivity index (χ2v) is 3.85. The third kappa shape index (κ3) is 2.62. The molecule has 5 nitrogen and oxygen atoms in total. The number of aliphatic carboxylic acids is 1. The van der Waals surface area contributed by atoms with Crippen molar-refractivity contribution in [1.82, 2.24) is 4.57 Å². The number of carbonyl (C=O) groups is 2. The van der Waals surface area contributed by atoms with Crippen LogP contribution in [-0.4, -0.2) is 21.6 Å². The maximum Gasteiger partial charge on any atom is 0.326 e. The van der Waals surface area contributed by atoms with Crippen LogP contribution in [0.2, 0.25) is 0 Å². The molecule has 1 amide bonds. The third-order valence-electron chi connectivity index (χ3n) is 2.59. The molecule has 5 heteroatoms. The number of carbonyl (C=O) groups excluding carboxylic acids is 1. The van der Waals surface area contributed by atoms with Gasteiger partial charge in [-0.05, 0) is 32.4 Å². The maximum atomic E-state index is 11.1. The van der Waals surface area contributed by atoms with E-state index in [1.54, 1.807) is 4.57 Å². The highest BCUT2D eigenvalue weighted by molar-refractivity contribution is 5.76. The summed E-state index contributed by atoms with van der Waals surface area (Å²) >= 11 is 0. The van der Waals surface area contributed by atoms with Gasteiger partial charge in [-0.1, -0.05) is 0 Å². The van der Waals surface area contributed by atoms with Gasteiger partial charge < -0.3 is 15.4 Å². The number of carboxylic acids is 1. The van der Waals surface area contributed by atoms with E-state index in [1.165, 1.54) is 0 Å². The van der Waals surface area contributed by atoms with Crippen LogP contribution in [0.1, 0.15) is 30.3 Å². The molecule has 0 spiro atoms. The van der Waals surface area contributed by atoms with Crippen LogP contribution in [0, 0.1) is 13.8 Å². The molecule has 0 aliphatic carbocycles. The molecule has 1 heterocycles. The summed E-state index contributed by atoms with van der Waals surface area (Å²) < 4.78 is 1.71. The van der Waals surface area contributed by atoms with Crippen molar-refractivity contribution in [1.29, 1.82) is 0 Å². The zero-order valence-electron chi connectivity index (χ0n) is 9.43. The molecule has 1 unspecified atom stereocenters. The van der Waals surface area contributed by atoms with Crippen LogP contribution in [0.4, 0.5) is 0 Å². The number of nitrogens with two attached hydrogens (primary N) is 1. The van der Waals surface area contributed by atoms with E-state index in [4.69, 9.17) is 10.8 Å². The summed E-state index contributed by atoms with van der Waals surface area (Å²) in [5.41, 5.74) is 6.77. The number of carboxylic acid groups (broad SMARTS) is 1. The van der Waals surface area contributed by atoms with Gasteiger partial charge >= 0.3 is 5.97 Å². The van der Waals surface area contributed by atoms with Crippen molar-refractivity contribution >= 4 is 11.9 Å². The molecular formula is C11H16N2O3. The van der Waals surface area contributed by atoms with Crippen LogP contribution in [0.25, 0.3) is 0 Å². The van der Waals surface area contributed by atoms with Crippen molar-refractivity contribution in [2.45, 2.75) is 32.7 Å².